The summed E-state index contributed by atoms with van der Waals surface area (Å²) in [5, 5.41) is 4.09. The quantitative estimate of drug-likeness (QED) is 0.267. The molecule has 1 aliphatic heterocycles. The number of benzene rings is 2. The minimum atomic E-state index is -0.205. The second-order valence-electron chi connectivity index (χ2n) is 8.37. The van der Waals surface area contributed by atoms with Crippen LogP contribution in [-0.2, 0) is 0 Å². The van der Waals surface area contributed by atoms with Crippen LogP contribution in [0.1, 0.15) is 37.4 Å². The zero-order valence-electron chi connectivity index (χ0n) is 18.8. The summed E-state index contributed by atoms with van der Waals surface area (Å²) >= 11 is 9.30. The van der Waals surface area contributed by atoms with Crippen LogP contribution in [0.4, 0.5) is 5.69 Å². The van der Waals surface area contributed by atoms with Crippen molar-refractivity contribution in [2.24, 2.45) is 0 Å². The fraction of sp³-hybridized carbons (Fsp3) is 0.185. The number of hydrogen-bond donors (Lipinski definition) is 1. The van der Waals surface area contributed by atoms with Gasteiger partial charge in [-0.15, -0.1) is 0 Å². The smallest absolute Gasteiger partial charge is 0.174 e. The van der Waals surface area contributed by atoms with Crippen LogP contribution in [0.2, 0.25) is 0 Å². The molecule has 0 saturated carbocycles. The SMILES string of the molecule is CC(C)Oc1ccc(N2C(=S)N[C@H](c3ccccn3)[C@H]2c2ccc(-c3ccc(Br)cc3)o2)cc1. The highest BCUT2D eigenvalue weighted by Crippen LogP contribution is 2.43. The van der Waals surface area contributed by atoms with Crippen LogP contribution >= 0.6 is 28.1 Å². The molecule has 5 nitrogen and oxygen atoms in total. The summed E-state index contributed by atoms with van der Waals surface area (Å²) in [5.41, 5.74) is 2.87. The van der Waals surface area contributed by atoms with Gasteiger partial charge in [-0.3, -0.25) is 4.98 Å². The number of hydrogen-bond acceptors (Lipinski definition) is 4. The van der Waals surface area contributed by atoms with Gasteiger partial charge in [-0.1, -0.05) is 34.1 Å². The molecule has 7 heteroatoms. The van der Waals surface area contributed by atoms with Crippen molar-refractivity contribution in [2.75, 3.05) is 4.90 Å². The van der Waals surface area contributed by atoms with E-state index in [0.717, 1.165) is 38.7 Å². The average molecular weight is 534 g/mol. The van der Waals surface area contributed by atoms with E-state index >= 15 is 0 Å². The molecule has 0 aliphatic carbocycles. The fourth-order valence-corrected chi connectivity index (χ4v) is 4.77. The Morgan fingerprint density at radius 1 is 1.00 bits per heavy atom. The van der Waals surface area contributed by atoms with Crippen molar-refractivity contribution in [3.8, 4) is 17.1 Å². The van der Waals surface area contributed by atoms with Crippen molar-refractivity contribution in [2.45, 2.75) is 32.0 Å². The summed E-state index contributed by atoms with van der Waals surface area (Å²) < 4.78 is 13.3. The molecule has 34 heavy (non-hydrogen) atoms. The molecule has 0 spiro atoms. The topological polar surface area (TPSA) is 50.5 Å². The maximum atomic E-state index is 6.41. The first-order valence-electron chi connectivity index (χ1n) is 11.1. The van der Waals surface area contributed by atoms with Gasteiger partial charge in [-0.05, 0) is 86.7 Å². The lowest BCUT2D eigenvalue weighted by Crippen LogP contribution is -2.29. The monoisotopic (exact) mass is 533 g/mol. The van der Waals surface area contributed by atoms with Crippen LogP contribution < -0.4 is 15.0 Å². The van der Waals surface area contributed by atoms with Gasteiger partial charge in [-0.2, -0.15) is 0 Å². The minimum Gasteiger partial charge on any atom is -0.491 e. The van der Waals surface area contributed by atoms with Crippen molar-refractivity contribution in [3.63, 3.8) is 0 Å². The summed E-state index contributed by atoms with van der Waals surface area (Å²) in [4.78, 5) is 6.70. The molecule has 1 saturated heterocycles. The highest BCUT2D eigenvalue weighted by atomic mass is 79.9. The van der Waals surface area contributed by atoms with E-state index in [2.05, 4.69) is 31.1 Å². The Morgan fingerprint density at radius 3 is 2.44 bits per heavy atom. The van der Waals surface area contributed by atoms with Gasteiger partial charge in [0.05, 0.1) is 17.8 Å². The number of ether oxygens (including phenoxy) is 1. The van der Waals surface area contributed by atoms with E-state index in [1.54, 1.807) is 6.20 Å². The number of nitrogens with zero attached hydrogens (tertiary/aromatic N) is 2. The van der Waals surface area contributed by atoms with Crippen LogP contribution in [0.25, 0.3) is 11.3 Å². The van der Waals surface area contributed by atoms with E-state index in [0.29, 0.717) is 5.11 Å². The lowest BCUT2D eigenvalue weighted by molar-refractivity contribution is 0.242. The van der Waals surface area contributed by atoms with Gasteiger partial charge in [0.15, 0.2) is 5.11 Å². The predicted octanol–water partition coefficient (Wildman–Crippen LogP) is 7.07. The Morgan fingerprint density at radius 2 is 1.76 bits per heavy atom. The molecule has 2 atom stereocenters. The van der Waals surface area contributed by atoms with Crippen molar-refractivity contribution in [3.05, 3.63) is 101 Å². The third-order valence-electron chi connectivity index (χ3n) is 5.63. The summed E-state index contributed by atoms with van der Waals surface area (Å²) in [5.74, 6) is 2.44. The molecule has 0 amide bonds. The first kappa shape index (κ1) is 22.6. The molecule has 4 aromatic rings. The Balaban J connectivity index is 1.54. The second kappa shape index (κ2) is 9.60. The van der Waals surface area contributed by atoms with Gasteiger partial charge in [0, 0.05) is 21.9 Å². The minimum absolute atomic E-state index is 0.113. The Labute approximate surface area is 212 Å². The molecule has 5 rings (SSSR count). The van der Waals surface area contributed by atoms with E-state index in [-0.39, 0.29) is 18.2 Å². The van der Waals surface area contributed by atoms with Gasteiger partial charge >= 0.3 is 0 Å². The number of anilines is 1. The van der Waals surface area contributed by atoms with E-state index in [4.69, 9.17) is 21.4 Å². The normalized spacial score (nSPS) is 17.8. The number of furan rings is 1. The molecule has 0 unspecified atom stereocenters. The lowest BCUT2D eigenvalue weighted by atomic mass is 10.0. The number of nitrogens with one attached hydrogen (secondary N) is 1. The van der Waals surface area contributed by atoms with Crippen molar-refractivity contribution < 1.29 is 9.15 Å². The maximum absolute atomic E-state index is 6.41. The fourth-order valence-electron chi connectivity index (χ4n) is 4.16. The van der Waals surface area contributed by atoms with E-state index in [1.807, 2.05) is 92.7 Å². The molecule has 3 heterocycles. The first-order chi connectivity index (χ1) is 16.5. The zero-order valence-corrected chi connectivity index (χ0v) is 21.2. The van der Waals surface area contributed by atoms with Crippen LogP contribution in [0.3, 0.4) is 0 Å². The third kappa shape index (κ3) is 4.58. The largest absolute Gasteiger partial charge is 0.491 e. The Kier molecular flexibility index (Phi) is 6.39. The molecule has 0 bridgehead atoms. The van der Waals surface area contributed by atoms with Crippen molar-refractivity contribution in [1.82, 2.24) is 10.3 Å². The van der Waals surface area contributed by atoms with Gasteiger partial charge in [-0.25, -0.2) is 0 Å². The number of rotatable bonds is 6. The number of halogens is 1. The van der Waals surface area contributed by atoms with Crippen LogP contribution in [0.15, 0.2) is 93.9 Å². The third-order valence-corrected chi connectivity index (χ3v) is 6.48. The highest BCUT2D eigenvalue weighted by Gasteiger charge is 2.42. The summed E-state index contributed by atoms with van der Waals surface area (Å²) in [6, 6.07) is 25.6. The zero-order chi connectivity index (χ0) is 23.7. The average Bonchev–Trinajstić information content (AvgIpc) is 3.45. The van der Waals surface area contributed by atoms with Crippen LogP contribution in [0, 0.1) is 0 Å². The molecular weight excluding hydrogens is 510 g/mol. The molecule has 1 N–H and O–H groups in total. The summed E-state index contributed by atoms with van der Waals surface area (Å²) in [6.45, 7) is 4.03. The van der Waals surface area contributed by atoms with E-state index in [1.165, 1.54) is 0 Å². The molecule has 2 aromatic heterocycles. The molecule has 172 valence electrons. The summed E-state index contributed by atoms with van der Waals surface area (Å²) in [7, 11) is 0. The van der Waals surface area contributed by atoms with Crippen molar-refractivity contribution in [1.29, 1.82) is 0 Å². The van der Waals surface area contributed by atoms with E-state index < -0.39 is 0 Å². The number of thiocarbonyl (C=S) groups is 1. The van der Waals surface area contributed by atoms with Gasteiger partial charge in [0.2, 0.25) is 0 Å². The Hall–Kier alpha value is -3.16. The van der Waals surface area contributed by atoms with Crippen molar-refractivity contribution >= 4 is 38.9 Å². The molecular formula is C27H24BrN3O2S. The van der Waals surface area contributed by atoms with Gasteiger partial charge < -0.3 is 19.4 Å². The van der Waals surface area contributed by atoms with E-state index in [9.17, 15) is 0 Å². The predicted molar refractivity (Wildman–Crippen MR) is 142 cm³/mol. The molecule has 0 radical (unpaired) electrons. The Bertz CT molecular complexity index is 1270. The number of aromatic nitrogens is 1. The lowest BCUT2D eigenvalue weighted by Gasteiger charge is -2.26. The maximum Gasteiger partial charge on any atom is 0.174 e. The van der Waals surface area contributed by atoms with Gasteiger partial charge in [0.25, 0.3) is 0 Å². The molecule has 2 aromatic carbocycles. The highest BCUT2D eigenvalue weighted by molar-refractivity contribution is 9.10. The van der Waals surface area contributed by atoms with Gasteiger partial charge in [0.1, 0.15) is 23.3 Å². The molecule has 1 aliphatic rings. The first-order valence-corrected chi connectivity index (χ1v) is 12.3. The summed E-state index contributed by atoms with van der Waals surface area (Å²) in [6.07, 6.45) is 1.91. The number of pyridine rings is 1. The second-order valence-corrected chi connectivity index (χ2v) is 9.67. The van der Waals surface area contributed by atoms with Crippen LogP contribution in [-0.4, -0.2) is 16.2 Å². The standard InChI is InChI=1S/C27H24BrN3O2S/c1-17(2)32-21-12-10-20(11-13-21)31-26(25(30-27(31)34)22-5-3-4-16-29-22)24-15-14-23(33-24)18-6-8-19(28)9-7-18/h3-17,25-26H,1-2H3,(H,30,34)/t25-,26-/m1/s1. The molecule has 1 fully saturated rings. The van der Waals surface area contributed by atoms with Crippen LogP contribution in [0.5, 0.6) is 5.75 Å².